The summed E-state index contributed by atoms with van der Waals surface area (Å²) in [5.74, 6) is 1.63. The monoisotopic (exact) mass is 378 g/mol. The molecule has 0 spiro atoms. The van der Waals surface area contributed by atoms with Crippen molar-refractivity contribution in [1.82, 2.24) is 0 Å². The molecule has 4 rings (SSSR count). The van der Waals surface area contributed by atoms with Crippen molar-refractivity contribution in [3.05, 3.63) is 52.6 Å². The summed E-state index contributed by atoms with van der Waals surface area (Å²) in [6, 6.07) is 11.8. The van der Waals surface area contributed by atoms with Gasteiger partial charge in [0.2, 0.25) is 0 Å². The van der Waals surface area contributed by atoms with Crippen molar-refractivity contribution in [3.63, 3.8) is 0 Å². The Kier molecular flexibility index (Phi) is 5.45. The maximum absolute atomic E-state index is 12.5. The third kappa shape index (κ3) is 3.72. The largest absolute Gasteiger partial charge is 0.293 e. The lowest BCUT2D eigenvalue weighted by molar-refractivity contribution is -0.414. The van der Waals surface area contributed by atoms with Gasteiger partial charge in [0.1, 0.15) is 11.6 Å². The molecule has 4 nitrogen and oxygen atoms in total. The molecule has 138 valence electrons. The molecule has 2 heterocycles. The molecule has 1 aliphatic carbocycles. The number of fused-ring (bicyclic) bond motifs is 1. The van der Waals surface area contributed by atoms with Crippen LogP contribution in [0.15, 0.2) is 35.4 Å². The Bertz CT molecular complexity index is 883. The zero-order valence-electron chi connectivity index (χ0n) is 15.5. The van der Waals surface area contributed by atoms with Crippen molar-refractivity contribution < 1.29 is 9.78 Å². The highest BCUT2D eigenvalue weighted by Gasteiger charge is 2.31. The van der Waals surface area contributed by atoms with Crippen molar-refractivity contribution in [3.8, 4) is 6.07 Å². The fourth-order valence-corrected chi connectivity index (χ4v) is 5.03. The first kappa shape index (κ1) is 18.1. The molecule has 0 saturated carbocycles. The number of nitrogens with zero attached hydrogens (tertiary/aromatic N) is 2. The number of nitriles is 1. The van der Waals surface area contributed by atoms with E-state index >= 15 is 0 Å². The van der Waals surface area contributed by atoms with Crippen molar-refractivity contribution in [2.75, 3.05) is 23.7 Å². The van der Waals surface area contributed by atoms with Gasteiger partial charge < -0.3 is 0 Å². The highest BCUT2D eigenvalue weighted by molar-refractivity contribution is 7.99. The zero-order chi connectivity index (χ0) is 18.6. The number of carbonyl (C=O) groups excluding carboxylic acids is 1. The van der Waals surface area contributed by atoms with Gasteiger partial charge in [0.05, 0.1) is 18.8 Å². The molecule has 0 amide bonds. The lowest BCUT2D eigenvalue weighted by atomic mass is 9.89. The van der Waals surface area contributed by atoms with E-state index < -0.39 is 0 Å². The van der Waals surface area contributed by atoms with Gasteiger partial charge in [0, 0.05) is 11.1 Å². The Hall–Kier alpha value is -2.32. The maximum atomic E-state index is 12.5. The van der Waals surface area contributed by atoms with Crippen LogP contribution in [0.1, 0.15) is 52.7 Å². The minimum absolute atomic E-state index is 0.0957. The summed E-state index contributed by atoms with van der Waals surface area (Å²) in [5, 5.41) is 10.7. The van der Waals surface area contributed by atoms with E-state index in [0.29, 0.717) is 5.75 Å². The number of Topliss-reactive ketones (excluding diaryl/α,β-unsaturated/α-hetero) is 1. The Morgan fingerprint density at radius 2 is 1.78 bits per heavy atom. The smallest absolute Gasteiger partial charge is 0.278 e. The quantitative estimate of drug-likeness (QED) is 0.586. The minimum atomic E-state index is 0.0957. The van der Waals surface area contributed by atoms with Crippen LogP contribution >= 0.6 is 11.8 Å². The molecule has 0 bridgehead atoms. The van der Waals surface area contributed by atoms with E-state index in [2.05, 4.69) is 16.0 Å². The molecule has 1 N–H and O–H groups in total. The number of hydrogen-bond donors (Lipinski definition) is 0. The van der Waals surface area contributed by atoms with E-state index in [1.807, 2.05) is 30.3 Å². The van der Waals surface area contributed by atoms with Crippen molar-refractivity contribution in [2.45, 2.75) is 43.6 Å². The highest BCUT2D eigenvalue weighted by atomic mass is 32.2. The molecule has 2 aliphatic rings. The van der Waals surface area contributed by atoms with E-state index in [9.17, 15) is 10.1 Å². The van der Waals surface area contributed by atoms with E-state index in [4.69, 9.17) is 0 Å². The van der Waals surface area contributed by atoms with Gasteiger partial charge in [-0.05, 0) is 44.1 Å². The number of carbonyl (C=O) groups is 1. The normalized spacial score (nSPS) is 16.0. The topological polar surface area (TPSA) is 58.2 Å². The van der Waals surface area contributed by atoms with Crippen molar-refractivity contribution in [1.29, 1.82) is 5.26 Å². The van der Waals surface area contributed by atoms with Crippen LogP contribution in [0.25, 0.3) is 0 Å². The predicted octanol–water partition coefficient (Wildman–Crippen LogP) is 3.83. The molecule has 0 atom stereocenters. The summed E-state index contributed by atoms with van der Waals surface area (Å²) < 4.78 is 0. The second kappa shape index (κ2) is 8.14. The number of rotatable bonds is 5. The fraction of sp³-hybridized carbons (Fsp3) is 0.409. The molecule has 2 aromatic rings. The summed E-state index contributed by atoms with van der Waals surface area (Å²) in [6.07, 6.45) is 6.77. The van der Waals surface area contributed by atoms with Crippen molar-refractivity contribution >= 4 is 23.4 Å². The number of benzene rings is 1. The molecule has 1 aliphatic heterocycles. The van der Waals surface area contributed by atoms with E-state index in [-0.39, 0.29) is 5.78 Å². The molecular weight excluding hydrogens is 354 g/mol. The Morgan fingerprint density at radius 1 is 1.07 bits per heavy atom. The van der Waals surface area contributed by atoms with E-state index in [0.717, 1.165) is 48.5 Å². The molecule has 0 unspecified atom stereocenters. The molecular formula is C22H24N3OS+. The van der Waals surface area contributed by atoms with Crippen LogP contribution in [0.4, 0.5) is 5.82 Å². The number of hydrogen-bond acceptors (Lipinski definition) is 4. The Morgan fingerprint density at radius 3 is 2.48 bits per heavy atom. The summed E-state index contributed by atoms with van der Waals surface area (Å²) >= 11 is 1.47. The standard InChI is InChI=1S/C22H23N3OS/c23-14-19-17-10-4-5-11-18(17)21(25-12-6-7-13-25)24-22(19)27-15-20(26)16-8-2-1-3-9-16/h1-3,8-9H,4-7,10-13,15H2/p+1. The highest BCUT2D eigenvalue weighted by Crippen LogP contribution is 2.34. The van der Waals surface area contributed by atoms with Gasteiger partial charge in [-0.1, -0.05) is 42.1 Å². The van der Waals surface area contributed by atoms with Gasteiger partial charge in [-0.25, -0.2) is 4.98 Å². The number of pyridine rings is 1. The molecule has 0 radical (unpaired) electrons. The number of H-pyrrole nitrogens is 1. The van der Waals surface area contributed by atoms with Gasteiger partial charge in [0.25, 0.3) is 5.82 Å². The van der Waals surface area contributed by atoms with Gasteiger partial charge in [-0.3, -0.25) is 9.69 Å². The Balaban J connectivity index is 1.66. The fourth-order valence-electron chi connectivity index (χ4n) is 4.11. The van der Waals surface area contributed by atoms with E-state index in [1.54, 1.807) is 0 Å². The minimum Gasteiger partial charge on any atom is -0.293 e. The van der Waals surface area contributed by atoms with Crippen LogP contribution in [0.5, 0.6) is 0 Å². The summed E-state index contributed by atoms with van der Waals surface area (Å²) in [5.41, 5.74) is 4.01. The zero-order valence-corrected chi connectivity index (χ0v) is 16.3. The number of thioether (sulfide) groups is 1. The van der Waals surface area contributed by atoms with Crippen LogP contribution in [0.2, 0.25) is 0 Å². The number of ketones is 1. The molecule has 1 aromatic carbocycles. The average molecular weight is 379 g/mol. The number of aromatic amines is 1. The van der Waals surface area contributed by atoms with Gasteiger partial charge in [-0.2, -0.15) is 5.26 Å². The third-order valence-corrected chi connectivity index (χ3v) is 6.49. The molecule has 1 aromatic heterocycles. The number of nitrogens with one attached hydrogen (secondary N) is 1. The second-order valence-corrected chi connectivity index (χ2v) is 8.21. The van der Waals surface area contributed by atoms with Crippen LogP contribution < -0.4 is 9.88 Å². The summed E-state index contributed by atoms with van der Waals surface area (Å²) in [7, 11) is 0. The van der Waals surface area contributed by atoms with Gasteiger partial charge >= 0.3 is 0 Å². The van der Waals surface area contributed by atoms with Crippen LogP contribution in [0.3, 0.4) is 0 Å². The summed E-state index contributed by atoms with van der Waals surface area (Å²) in [6.45, 7) is 2.14. The first-order valence-corrected chi connectivity index (χ1v) is 10.7. The SMILES string of the molecule is N#Cc1c(SCC(=O)c2ccccc2)[nH+]c(N2CCCC2)c2c1CCCC2. The molecule has 1 fully saturated rings. The van der Waals surface area contributed by atoms with Crippen LogP contribution in [-0.2, 0) is 12.8 Å². The number of aromatic nitrogens is 1. The maximum Gasteiger partial charge on any atom is 0.278 e. The first-order valence-electron chi connectivity index (χ1n) is 9.75. The first-order chi connectivity index (χ1) is 13.3. The van der Waals surface area contributed by atoms with Crippen LogP contribution in [0, 0.1) is 11.3 Å². The molecule has 1 saturated heterocycles. The van der Waals surface area contributed by atoms with Crippen LogP contribution in [-0.4, -0.2) is 24.6 Å². The van der Waals surface area contributed by atoms with Crippen molar-refractivity contribution in [2.24, 2.45) is 0 Å². The van der Waals surface area contributed by atoms with E-state index in [1.165, 1.54) is 48.0 Å². The summed E-state index contributed by atoms with van der Waals surface area (Å²) in [4.78, 5) is 18.5. The molecule has 5 heteroatoms. The number of anilines is 1. The Labute approximate surface area is 164 Å². The lowest BCUT2D eigenvalue weighted by Gasteiger charge is -2.22. The molecule has 27 heavy (non-hydrogen) atoms. The van der Waals surface area contributed by atoms with Gasteiger partial charge in [0.15, 0.2) is 10.8 Å². The average Bonchev–Trinajstić information content (AvgIpc) is 3.26. The third-order valence-electron chi connectivity index (χ3n) is 5.49. The predicted molar refractivity (Wildman–Crippen MR) is 107 cm³/mol. The second-order valence-electron chi connectivity index (χ2n) is 7.23. The lowest BCUT2D eigenvalue weighted by Crippen LogP contribution is -2.31. The van der Waals surface area contributed by atoms with Gasteiger partial charge in [-0.15, -0.1) is 0 Å².